The van der Waals surface area contributed by atoms with Crippen LogP contribution >= 0.6 is 0 Å². The standard InChI is InChI=1S/C55H39N/c1-55(2)52-18-10-9-16-48(52)49-32-31-45(35-53(49)55)56(43-27-23-37(24-28-43)41-21-19-36-11-3-4-13-40(36)33-41)44-29-25-39(26-30-44)51-34-42-22-20-38-12-5-6-14-46(38)54(42)50-17-8-7-15-47(50)51/h3-35H,1-2H3. The Kier molecular flexibility index (Phi) is 7.28. The first-order valence-electron chi connectivity index (χ1n) is 19.6. The second-order valence-electron chi connectivity index (χ2n) is 15.7. The van der Waals surface area contributed by atoms with E-state index < -0.39 is 0 Å². The summed E-state index contributed by atoms with van der Waals surface area (Å²) in [4.78, 5) is 2.41. The van der Waals surface area contributed by atoms with Crippen molar-refractivity contribution in [3.63, 3.8) is 0 Å². The van der Waals surface area contributed by atoms with Gasteiger partial charge in [0.25, 0.3) is 0 Å². The number of benzene rings is 10. The summed E-state index contributed by atoms with van der Waals surface area (Å²) >= 11 is 0. The van der Waals surface area contributed by atoms with E-state index in [0.29, 0.717) is 0 Å². The Morgan fingerprint density at radius 2 is 0.875 bits per heavy atom. The van der Waals surface area contributed by atoms with E-state index in [4.69, 9.17) is 0 Å². The van der Waals surface area contributed by atoms with Crippen molar-refractivity contribution in [3.05, 3.63) is 211 Å². The van der Waals surface area contributed by atoms with Gasteiger partial charge in [-0.2, -0.15) is 0 Å². The fraction of sp³-hybridized carbons (Fsp3) is 0.0545. The molecular formula is C55H39N. The summed E-state index contributed by atoms with van der Waals surface area (Å²) in [5.74, 6) is 0. The van der Waals surface area contributed by atoms with Crippen molar-refractivity contribution >= 4 is 60.2 Å². The molecule has 0 heterocycles. The average molecular weight is 714 g/mol. The number of hydrogen-bond donors (Lipinski definition) is 0. The predicted octanol–water partition coefficient (Wildman–Crippen LogP) is 15.4. The van der Waals surface area contributed by atoms with Crippen molar-refractivity contribution in [2.75, 3.05) is 4.90 Å². The van der Waals surface area contributed by atoms with E-state index in [1.54, 1.807) is 0 Å². The Hall–Kier alpha value is -6.96. The molecule has 0 spiro atoms. The van der Waals surface area contributed by atoms with Gasteiger partial charge in [0.05, 0.1) is 0 Å². The Bertz CT molecular complexity index is 3150. The SMILES string of the molecule is CC1(C)c2ccccc2-c2ccc(N(c3ccc(-c4ccc5ccccc5c4)cc3)c3ccc(-c4cc5ccc6ccccc6c5c5ccccc45)cc3)cc21. The molecule has 1 aliphatic carbocycles. The lowest BCUT2D eigenvalue weighted by Gasteiger charge is -2.28. The summed E-state index contributed by atoms with van der Waals surface area (Å²) in [5, 5.41) is 10.2. The first kappa shape index (κ1) is 32.5. The molecule has 0 amide bonds. The fourth-order valence-corrected chi connectivity index (χ4v) is 9.36. The predicted molar refractivity (Wildman–Crippen MR) is 240 cm³/mol. The summed E-state index contributed by atoms with van der Waals surface area (Å²) in [6.45, 7) is 4.71. The van der Waals surface area contributed by atoms with E-state index in [-0.39, 0.29) is 5.41 Å². The molecule has 0 radical (unpaired) electrons. The van der Waals surface area contributed by atoms with Crippen molar-refractivity contribution < 1.29 is 0 Å². The van der Waals surface area contributed by atoms with Gasteiger partial charge in [0.2, 0.25) is 0 Å². The highest BCUT2D eigenvalue weighted by Gasteiger charge is 2.35. The highest BCUT2D eigenvalue weighted by atomic mass is 15.1. The van der Waals surface area contributed by atoms with Gasteiger partial charge in [-0.1, -0.05) is 166 Å². The number of rotatable bonds is 5. The second kappa shape index (κ2) is 12.5. The summed E-state index contributed by atoms with van der Waals surface area (Å²) < 4.78 is 0. The molecule has 0 saturated heterocycles. The van der Waals surface area contributed by atoms with Crippen LogP contribution in [0.3, 0.4) is 0 Å². The summed E-state index contributed by atoms with van der Waals surface area (Å²) in [6, 6.07) is 74.0. The lowest BCUT2D eigenvalue weighted by Crippen LogP contribution is -2.16. The quantitative estimate of drug-likeness (QED) is 0.161. The molecule has 0 unspecified atom stereocenters. The molecule has 0 fully saturated rings. The molecule has 0 atom stereocenters. The van der Waals surface area contributed by atoms with Crippen molar-refractivity contribution in [2.24, 2.45) is 0 Å². The van der Waals surface area contributed by atoms with Crippen molar-refractivity contribution in [1.82, 2.24) is 0 Å². The van der Waals surface area contributed by atoms with Gasteiger partial charge in [-0.05, 0) is 136 Å². The van der Waals surface area contributed by atoms with Crippen LogP contribution in [0.4, 0.5) is 17.1 Å². The van der Waals surface area contributed by atoms with Crippen LogP contribution < -0.4 is 4.90 Å². The molecule has 264 valence electrons. The molecule has 10 aromatic rings. The number of hydrogen-bond acceptors (Lipinski definition) is 1. The van der Waals surface area contributed by atoms with E-state index in [1.165, 1.54) is 87.6 Å². The molecule has 0 bridgehead atoms. The average Bonchev–Trinajstić information content (AvgIpc) is 3.49. The maximum atomic E-state index is 2.42. The summed E-state index contributed by atoms with van der Waals surface area (Å²) in [6.07, 6.45) is 0. The minimum absolute atomic E-state index is 0.0974. The molecule has 1 nitrogen and oxygen atoms in total. The number of fused-ring (bicyclic) bond motifs is 9. The Morgan fingerprint density at radius 3 is 1.66 bits per heavy atom. The molecule has 10 aromatic carbocycles. The molecule has 1 heteroatoms. The van der Waals surface area contributed by atoms with Crippen molar-refractivity contribution in [2.45, 2.75) is 19.3 Å². The van der Waals surface area contributed by atoms with Gasteiger partial charge in [-0.15, -0.1) is 0 Å². The monoisotopic (exact) mass is 713 g/mol. The van der Waals surface area contributed by atoms with Crippen LogP contribution in [0.15, 0.2) is 200 Å². The van der Waals surface area contributed by atoms with Gasteiger partial charge < -0.3 is 4.90 Å². The van der Waals surface area contributed by atoms with E-state index >= 15 is 0 Å². The lowest BCUT2D eigenvalue weighted by molar-refractivity contribution is 0.660. The molecular weight excluding hydrogens is 675 g/mol. The minimum atomic E-state index is -0.0974. The lowest BCUT2D eigenvalue weighted by atomic mass is 9.82. The smallest absolute Gasteiger partial charge is 0.0465 e. The van der Waals surface area contributed by atoms with Crippen LogP contribution in [-0.4, -0.2) is 0 Å². The van der Waals surface area contributed by atoms with Gasteiger partial charge in [0.15, 0.2) is 0 Å². The van der Waals surface area contributed by atoms with Crippen LogP contribution in [0.25, 0.3) is 76.5 Å². The highest BCUT2D eigenvalue weighted by molar-refractivity contribution is 6.23. The Morgan fingerprint density at radius 1 is 0.321 bits per heavy atom. The van der Waals surface area contributed by atoms with Gasteiger partial charge in [0.1, 0.15) is 0 Å². The first-order chi connectivity index (χ1) is 27.5. The maximum Gasteiger partial charge on any atom is 0.0465 e. The molecule has 11 rings (SSSR count). The highest BCUT2D eigenvalue weighted by Crippen LogP contribution is 2.51. The number of anilines is 3. The molecule has 1 aliphatic rings. The van der Waals surface area contributed by atoms with Gasteiger partial charge in [0, 0.05) is 22.5 Å². The second-order valence-corrected chi connectivity index (χ2v) is 15.7. The normalized spacial score (nSPS) is 13.0. The van der Waals surface area contributed by atoms with Crippen LogP contribution in [0, 0.1) is 0 Å². The van der Waals surface area contributed by atoms with Crippen LogP contribution in [0.2, 0.25) is 0 Å². The van der Waals surface area contributed by atoms with E-state index in [1.807, 2.05) is 0 Å². The third kappa shape index (κ3) is 5.08. The minimum Gasteiger partial charge on any atom is -0.310 e. The van der Waals surface area contributed by atoms with Crippen LogP contribution in [-0.2, 0) is 5.41 Å². The zero-order chi connectivity index (χ0) is 37.4. The molecule has 0 aromatic heterocycles. The maximum absolute atomic E-state index is 2.42. The van der Waals surface area contributed by atoms with E-state index in [9.17, 15) is 0 Å². The zero-order valence-corrected chi connectivity index (χ0v) is 31.5. The van der Waals surface area contributed by atoms with Gasteiger partial charge in [-0.3, -0.25) is 0 Å². The van der Waals surface area contributed by atoms with Crippen LogP contribution in [0.1, 0.15) is 25.0 Å². The zero-order valence-electron chi connectivity index (χ0n) is 31.5. The van der Waals surface area contributed by atoms with Crippen molar-refractivity contribution in [3.8, 4) is 33.4 Å². The first-order valence-corrected chi connectivity index (χ1v) is 19.6. The topological polar surface area (TPSA) is 3.24 Å². The molecule has 0 saturated carbocycles. The van der Waals surface area contributed by atoms with Gasteiger partial charge >= 0.3 is 0 Å². The largest absolute Gasteiger partial charge is 0.310 e. The fourth-order valence-electron chi connectivity index (χ4n) is 9.36. The molecule has 56 heavy (non-hydrogen) atoms. The Balaban J connectivity index is 1.04. The van der Waals surface area contributed by atoms with Crippen LogP contribution in [0.5, 0.6) is 0 Å². The third-order valence-electron chi connectivity index (χ3n) is 12.2. The van der Waals surface area contributed by atoms with E-state index in [0.717, 1.165) is 17.1 Å². The van der Waals surface area contributed by atoms with Crippen molar-refractivity contribution in [1.29, 1.82) is 0 Å². The van der Waals surface area contributed by atoms with Gasteiger partial charge in [-0.25, -0.2) is 0 Å². The summed E-state index contributed by atoms with van der Waals surface area (Å²) in [5.41, 5.74) is 13.6. The third-order valence-corrected chi connectivity index (χ3v) is 12.2. The molecule has 0 N–H and O–H groups in total. The Labute approximate surface area is 327 Å². The van der Waals surface area contributed by atoms with E-state index in [2.05, 4.69) is 219 Å². The molecule has 0 aliphatic heterocycles. The summed E-state index contributed by atoms with van der Waals surface area (Å²) in [7, 11) is 0. The number of nitrogens with zero attached hydrogens (tertiary/aromatic N) is 1.